The molecule has 0 aliphatic heterocycles. The molecule has 0 spiro atoms. The zero-order valence-electron chi connectivity index (χ0n) is 12.9. The minimum Gasteiger partial charge on any atom is -0.404 e. The maximum absolute atomic E-state index is 12.5. The van der Waals surface area contributed by atoms with Crippen molar-refractivity contribution in [2.45, 2.75) is 36.9 Å². The van der Waals surface area contributed by atoms with Crippen molar-refractivity contribution in [3.63, 3.8) is 0 Å². The minimum absolute atomic E-state index is 0.0221. The van der Waals surface area contributed by atoms with Gasteiger partial charge >= 0.3 is 6.36 Å². The highest BCUT2D eigenvalue weighted by Gasteiger charge is 2.33. The van der Waals surface area contributed by atoms with E-state index in [2.05, 4.69) is 25.4 Å². The van der Waals surface area contributed by atoms with E-state index in [1.165, 1.54) is 12.1 Å². The van der Waals surface area contributed by atoms with Crippen molar-refractivity contribution in [2.24, 2.45) is 17.6 Å². The number of nitrogens with two attached hydrogens (primary N) is 1. The molecule has 0 aromatic heterocycles. The summed E-state index contributed by atoms with van der Waals surface area (Å²) in [6, 6.07) is 4.05. The van der Waals surface area contributed by atoms with Crippen LogP contribution < -0.4 is 15.2 Å². The summed E-state index contributed by atoms with van der Waals surface area (Å²) in [6.45, 7) is 1.18. The maximum Gasteiger partial charge on any atom is 0.573 e. The Balaban J connectivity index is 1.97. The first-order valence-electron chi connectivity index (χ1n) is 7.69. The third-order valence-corrected chi connectivity index (χ3v) is 5.79. The number of hydrogen-bond acceptors (Lipinski definition) is 3. The Morgan fingerprint density at radius 2 is 1.88 bits per heavy atom. The fraction of sp³-hybridized carbons (Fsp3) is 0.600. The van der Waals surface area contributed by atoms with Gasteiger partial charge in [0, 0.05) is 11.0 Å². The van der Waals surface area contributed by atoms with Crippen molar-refractivity contribution in [1.82, 2.24) is 4.72 Å². The summed E-state index contributed by atoms with van der Waals surface area (Å²) >= 11 is 3.09. The lowest BCUT2D eigenvalue weighted by Gasteiger charge is -2.27. The average molecular weight is 429 g/mol. The number of benzene rings is 1. The van der Waals surface area contributed by atoms with Gasteiger partial charge in [-0.3, -0.25) is 0 Å². The Kier molecular flexibility index (Phi) is 7.09. The van der Waals surface area contributed by atoms with Gasteiger partial charge in [0.15, 0.2) is 0 Å². The predicted molar refractivity (Wildman–Crippen MR) is 89.7 cm³/mol. The Morgan fingerprint density at radius 1 is 1.25 bits per heavy atom. The van der Waals surface area contributed by atoms with Gasteiger partial charge in [-0.25, -0.2) is 8.93 Å². The summed E-state index contributed by atoms with van der Waals surface area (Å²) in [4.78, 5) is -0.0221. The lowest BCUT2D eigenvalue weighted by molar-refractivity contribution is -0.275. The van der Waals surface area contributed by atoms with Crippen LogP contribution in [0.2, 0.25) is 0 Å². The molecule has 0 heterocycles. The van der Waals surface area contributed by atoms with E-state index in [4.69, 9.17) is 5.73 Å². The first-order chi connectivity index (χ1) is 11.3. The number of rotatable bonds is 6. The van der Waals surface area contributed by atoms with E-state index in [0.29, 0.717) is 29.4 Å². The highest BCUT2D eigenvalue weighted by molar-refractivity contribution is 9.10. The van der Waals surface area contributed by atoms with Crippen molar-refractivity contribution in [3.8, 4) is 5.75 Å². The molecular formula is C15H20BrF3N2O2S. The molecule has 1 saturated carbocycles. The average Bonchev–Trinajstić information content (AvgIpc) is 2.51. The minimum atomic E-state index is -4.83. The molecule has 9 heteroatoms. The molecule has 3 N–H and O–H groups in total. The van der Waals surface area contributed by atoms with Gasteiger partial charge in [-0.05, 0) is 62.3 Å². The second-order valence-electron chi connectivity index (χ2n) is 5.88. The van der Waals surface area contributed by atoms with Crippen LogP contribution in [-0.2, 0) is 11.0 Å². The normalized spacial score (nSPS) is 23.0. The largest absolute Gasteiger partial charge is 0.573 e. The van der Waals surface area contributed by atoms with E-state index in [1.54, 1.807) is 0 Å². The van der Waals surface area contributed by atoms with Crippen LogP contribution in [0, 0.1) is 11.8 Å². The summed E-state index contributed by atoms with van der Waals surface area (Å²) in [5.74, 6) is 0.443. The van der Waals surface area contributed by atoms with Gasteiger partial charge in [-0.2, -0.15) is 0 Å². The topological polar surface area (TPSA) is 64.3 Å². The first kappa shape index (κ1) is 19.7. The maximum atomic E-state index is 12.5. The highest BCUT2D eigenvalue weighted by Crippen LogP contribution is 2.32. The summed E-state index contributed by atoms with van der Waals surface area (Å²) in [6.07, 6.45) is -0.788. The van der Waals surface area contributed by atoms with Crippen LogP contribution in [0.3, 0.4) is 0 Å². The van der Waals surface area contributed by atoms with Gasteiger partial charge in [0.1, 0.15) is 16.7 Å². The van der Waals surface area contributed by atoms with Crippen LogP contribution in [0.5, 0.6) is 5.75 Å². The van der Waals surface area contributed by atoms with Gasteiger partial charge in [0.05, 0.1) is 4.90 Å². The molecule has 2 rings (SSSR count). The number of nitrogens with one attached hydrogen (secondary N) is 1. The zero-order chi connectivity index (χ0) is 17.7. The monoisotopic (exact) mass is 428 g/mol. The van der Waals surface area contributed by atoms with Gasteiger partial charge in [0.25, 0.3) is 0 Å². The van der Waals surface area contributed by atoms with Gasteiger partial charge in [-0.15, -0.1) is 13.2 Å². The second-order valence-corrected chi connectivity index (χ2v) is 8.06. The van der Waals surface area contributed by atoms with Gasteiger partial charge in [-0.1, -0.05) is 15.9 Å². The van der Waals surface area contributed by atoms with Crippen LogP contribution in [0.15, 0.2) is 27.6 Å². The van der Waals surface area contributed by atoms with Crippen molar-refractivity contribution in [1.29, 1.82) is 0 Å². The molecular weight excluding hydrogens is 409 g/mol. The number of ether oxygens (including phenoxy) is 1. The summed E-state index contributed by atoms with van der Waals surface area (Å²) in [5, 5.41) is 0. The fourth-order valence-corrected chi connectivity index (χ4v) is 4.14. The van der Waals surface area contributed by atoms with E-state index in [9.17, 15) is 17.4 Å². The molecule has 1 fully saturated rings. The standard InChI is InChI=1S/C15H20BrF3N2O2S/c16-12-5-6-14(13(7-12)23-15(17,18)19)24(22)21-9-11-3-1-10(8-20)2-4-11/h5-7,10-11,21H,1-4,8-9,20H2. The molecule has 136 valence electrons. The van der Waals surface area contributed by atoms with Crippen LogP contribution in [0.1, 0.15) is 25.7 Å². The molecule has 4 nitrogen and oxygen atoms in total. The van der Waals surface area contributed by atoms with Crippen LogP contribution in [-0.4, -0.2) is 23.7 Å². The van der Waals surface area contributed by atoms with E-state index in [1.807, 2.05) is 0 Å². The highest BCUT2D eigenvalue weighted by atomic mass is 79.9. The molecule has 24 heavy (non-hydrogen) atoms. The summed E-state index contributed by atoms with van der Waals surface area (Å²) < 4.78 is 57.1. The quantitative estimate of drug-likeness (QED) is 0.725. The molecule has 1 aliphatic rings. The third-order valence-electron chi connectivity index (χ3n) is 4.13. The van der Waals surface area contributed by atoms with Crippen LogP contribution >= 0.6 is 15.9 Å². The Labute approximate surface area is 150 Å². The van der Waals surface area contributed by atoms with E-state index >= 15 is 0 Å². The smallest absolute Gasteiger partial charge is 0.404 e. The number of alkyl halides is 3. The third kappa shape index (κ3) is 6.02. The Bertz CT molecular complexity index is 578. The lowest BCUT2D eigenvalue weighted by Crippen LogP contribution is -2.30. The molecule has 0 bridgehead atoms. The summed E-state index contributed by atoms with van der Waals surface area (Å²) in [7, 11) is -1.77. The molecule has 1 atom stereocenters. The molecule has 0 amide bonds. The van der Waals surface area contributed by atoms with E-state index in [-0.39, 0.29) is 4.90 Å². The summed E-state index contributed by atoms with van der Waals surface area (Å²) in [5.41, 5.74) is 5.65. The SMILES string of the molecule is NCC1CCC(CNS(=O)c2ccc(Br)cc2OC(F)(F)F)CC1. The van der Waals surface area contributed by atoms with Crippen molar-refractivity contribution in [3.05, 3.63) is 22.7 Å². The van der Waals surface area contributed by atoms with Crippen LogP contribution in [0.25, 0.3) is 0 Å². The number of halogens is 4. The van der Waals surface area contributed by atoms with Crippen molar-refractivity contribution >= 4 is 26.9 Å². The lowest BCUT2D eigenvalue weighted by atomic mass is 9.82. The van der Waals surface area contributed by atoms with Gasteiger partial charge in [0.2, 0.25) is 0 Å². The molecule has 0 saturated heterocycles. The van der Waals surface area contributed by atoms with E-state index < -0.39 is 23.1 Å². The van der Waals surface area contributed by atoms with Crippen LogP contribution in [0.4, 0.5) is 13.2 Å². The predicted octanol–water partition coefficient (Wildman–Crippen LogP) is 3.73. The molecule has 0 radical (unpaired) electrons. The number of hydrogen-bond donors (Lipinski definition) is 2. The molecule has 1 aliphatic carbocycles. The molecule has 1 aromatic carbocycles. The van der Waals surface area contributed by atoms with Crippen molar-refractivity contribution in [2.75, 3.05) is 13.1 Å². The zero-order valence-corrected chi connectivity index (χ0v) is 15.3. The van der Waals surface area contributed by atoms with Gasteiger partial charge < -0.3 is 10.5 Å². The molecule has 1 aromatic rings. The van der Waals surface area contributed by atoms with E-state index in [0.717, 1.165) is 31.7 Å². The van der Waals surface area contributed by atoms with Crippen molar-refractivity contribution < 1.29 is 22.1 Å². The first-order valence-corrected chi connectivity index (χ1v) is 9.63. The Morgan fingerprint density at radius 3 is 2.46 bits per heavy atom. The second kappa shape index (κ2) is 8.64. The Hall–Kier alpha value is -0.640. The fourth-order valence-electron chi connectivity index (χ4n) is 2.78. The molecule has 1 unspecified atom stereocenters.